The van der Waals surface area contributed by atoms with Crippen molar-refractivity contribution in [3.05, 3.63) is 29.6 Å². The van der Waals surface area contributed by atoms with E-state index in [1.165, 1.54) is 12.1 Å². The fraction of sp³-hybridized carbons (Fsp3) is 0.500. The molecule has 4 nitrogen and oxygen atoms in total. The van der Waals surface area contributed by atoms with Gasteiger partial charge in [0, 0.05) is 13.6 Å². The number of halogens is 1. The summed E-state index contributed by atoms with van der Waals surface area (Å²) >= 11 is 0. The molecule has 1 aliphatic heterocycles. The van der Waals surface area contributed by atoms with Gasteiger partial charge in [-0.1, -0.05) is 6.07 Å². The minimum atomic E-state index is -0.439. The predicted octanol–water partition coefficient (Wildman–Crippen LogP) is 1.85. The van der Waals surface area contributed by atoms with Crippen LogP contribution in [0.15, 0.2) is 18.2 Å². The number of amides is 1. The summed E-state index contributed by atoms with van der Waals surface area (Å²) in [4.78, 5) is 14.2. The summed E-state index contributed by atoms with van der Waals surface area (Å²) in [5, 5.41) is 12.1. The molecule has 0 radical (unpaired) electrons. The molecular weight excluding hydrogens is 247 g/mol. The monoisotopic (exact) mass is 266 g/mol. The maximum atomic E-state index is 13.7. The Labute approximate surface area is 112 Å². The van der Waals surface area contributed by atoms with Crippen LogP contribution in [-0.2, 0) is 0 Å². The second-order valence-electron chi connectivity index (χ2n) is 4.74. The van der Waals surface area contributed by atoms with Crippen molar-refractivity contribution in [2.75, 3.05) is 25.5 Å². The van der Waals surface area contributed by atoms with Gasteiger partial charge in [-0.25, -0.2) is 4.39 Å². The Morgan fingerprint density at radius 3 is 3.00 bits per heavy atom. The average Bonchev–Trinajstić information content (AvgIpc) is 2.46. The van der Waals surface area contributed by atoms with Gasteiger partial charge in [-0.2, -0.15) is 0 Å². The number of nitrogens with one attached hydrogen (secondary N) is 1. The molecule has 2 N–H and O–H groups in total. The molecule has 1 saturated heterocycles. The first-order valence-electron chi connectivity index (χ1n) is 6.57. The van der Waals surface area contributed by atoms with E-state index in [0.29, 0.717) is 12.1 Å². The fourth-order valence-corrected chi connectivity index (χ4v) is 2.57. The third kappa shape index (κ3) is 2.71. The number of likely N-dealkylation sites (tertiary alicyclic amines) is 1. The molecule has 1 fully saturated rings. The molecule has 0 aromatic heterocycles. The molecule has 0 bridgehead atoms. The van der Waals surface area contributed by atoms with Crippen LogP contribution in [0.5, 0.6) is 0 Å². The molecule has 1 aromatic carbocycles. The molecule has 1 unspecified atom stereocenters. The highest BCUT2D eigenvalue weighted by Crippen LogP contribution is 2.24. The van der Waals surface area contributed by atoms with Crippen LogP contribution in [0.1, 0.15) is 29.6 Å². The van der Waals surface area contributed by atoms with Crippen molar-refractivity contribution in [3.63, 3.8) is 0 Å². The van der Waals surface area contributed by atoms with Crippen LogP contribution in [-0.4, -0.2) is 42.2 Å². The number of aliphatic hydroxyl groups is 1. The predicted molar refractivity (Wildman–Crippen MR) is 71.7 cm³/mol. The Bertz CT molecular complexity index is 465. The van der Waals surface area contributed by atoms with Gasteiger partial charge in [0.2, 0.25) is 0 Å². The third-order valence-electron chi connectivity index (χ3n) is 3.59. The molecule has 104 valence electrons. The van der Waals surface area contributed by atoms with Crippen molar-refractivity contribution in [1.29, 1.82) is 0 Å². The minimum Gasteiger partial charge on any atom is -0.394 e. The standard InChI is InChI=1S/C14H19FN2O2/c1-16-13-11(6-4-7-12(13)15)14(19)17-8-3-2-5-10(17)9-18/h4,6-7,10,16,18H,2-3,5,8-9H2,1H3. The van der Waals surface area contributed by atoms with Crippen molar-refractivity contribution in [3.8, 4) is 0 Å². The van der Waals surface area contributed by atoms with Gasteiger partial charge in [0.05, 0.1) is 23.9 Å². The molecule has 0 saturated carbocycles. The van der Waals surface area contributed by atoms with E-state index in [4.69, 9.17) is 0 Å². The first-order chi connectivity index (χ1) is 9.19. The Morgan fingerprint density at radius 2 is 2.32 bits per heavy atom. The Morgan fingerprint density at radius 1 is 1.53 bits per heavy atom. The van der Waals surface area contributed by atoms with Gasteiger partial charge >= 0.3 is 0 Å². The van der Waals surface area contributed by atoms with Crippen molar-refractivity contribution < 1.29 is 14.3 Å². The lowest BCUT2D eigenvalue weighted by atomic mass is 10.0. The van der Waals surface area contributed by atoms with Crippen molar-refractivity contribution in [1.82, 2.24) is 4.90 Å². The molecule has 0 spiro atoms. The smallest absolute Gasteiger partial charge is 0.256 e. The maximum Gasteiger partial charge on any atom is 0.256 e. The summed E-state index contributed by atoms with van der Waals surface area (Å²) in [5.74, 6) is -0.659. The number of benzene rings is 1. The van der Waals surface area contributed by atoms with E-state index in [1.807, 2.05) is 0 Å². The van der Waals surface area contributed by atoms with Crippen LogP contribution in [0.2, 0.25) is 0 Å². The highest BCUT2D eigenvalue weighted by molar-refractivity contribution is 6.00. The summed E-state index contributed by atoms with van der Waals surface area (Å²) in [6, 6.07) is 4.30. The molecule has 19 heavy (non-hydrogen) atoms. The second-order valence-corrected chi connectivity index (χ2v) is 4.74. The largest absolute Gasteiger partial charge is 0.394 e. The Hall–Kier alpha value is -1.62. The topological polar surface area (TPSA) is 52.6 Å². The summed E-state index contributed by atoms with van der Waals surface area (Å²) in [5.41, 5.74) is 0.539. The summed E-state index contributed by atoms with van der Waals surface area (Å²) in [7, 11) is 1.59. The van der Waals surface area contributed by atoms with E-state index in [2.05, 4.69) is 5.32 Å². The summed E-state index contributed by atoms with van der Waals surface area (Å²) in [6.07, 6.45) is 2.73. The van der Waals surface area contributed by atoms with Gasteiger partial charge in [0.15, 0.2) is 0 Å². The van der Waals surface area contributed by atoms with Crippen LogP contribution < -0.4 is 5.32 Å². The lowest BCUT2D eigenvalue weighted by molar-refractivity contribution is 0.0503. The van der Waals surface area contributed by atoms with E-state index in [9.17, 15) is 14.3 Å². The van der Waals surface area contributed by atoms with E-state index >= 15 is 0 Å². The molecule has 2 rings (SSSR count). The van der Waals surface area contributed by atoms with E-state index in [1.54, 1.807) is 18.0 Å². The van der Waals surface area contributed by atoms with E-state index in [-0.39, 0.29) is 24.2 Å². The Kier molecular flexibility index (Phi) is 4.37. The molecule has 1 amide bonds. The summed E-state index contributed by atoms with van der Waals surface area (Å²) in [6.45, 7) is 0.569. The van der Waals surface area contributed by atoms with Gasteiger partial charge in [0.1, 0.15) is 5.82 Å². The molecule has 1 atom stereocenters. The van der Waals surface area contributed by atoms with Crippen LogP contribution >= 0.6 is 0 Å². The zero-order chi connectivity index (χ0) is 13.8. The maximum absolute atomic E-state index is 13.7. The number of aliphatic hydroxyl groups excluding tert-OH is 1. The molecule has 0 aliphatic carbocycles. The van der Waals surface area contributed by atoms with Crippen LogP contribution in [0, 0.1) is 5.82 Å². The van der Waals surface area contributed by atoms with Gasteiger partial charge in [-0.15, -0.1) is 0 Å². The zero-order valence-electron chi connectivity index (χ0n) is 11.0. The number of rotatable bonds is 3. The zero-order valence-corrected chi connectivity index (χ0v) is 11.0. The molecule has 1 heterocycles. The number of hydrogen-bond donors (Lipinski definition) is 2. The first kappa shape index (κ1) is 13.8. The molecule has 1 aromatic rings. The number of anilines is 1. The molecule has 1 aliphatic rings. The lowest BCUT2D eigenvalue weighted by Gasteiger charge is -2.35. The normalized spacial score (nSPS) is 19.3. The number of para-hydroxylation sites is 1. The number of hydrogen-bond acceptors (Lipinski definition) is 3. The van der Waals surface area contributed by atoms with Crippen molar-refractivity contribution in [2.45, 2.75) is 25.3 Å². The lowest BCUT2D eigenvalue weighted by Crippen LogP contribution is -2.45. The quantitative estimate of drug-likeness (QED) is 0.878. The first-order valence-corrected chi connectivity index (χ1v) is 6.57. The van der Waals surface area contributed by atoms with E-state index < -0.39 is 5.82 Å². The van der Waals surface area contributed by atoms with Crippen LogP contribution in [0.4, 0.5) is 10.1 Å². The van der Waals surface area contributed by atoms with Gasteiger partial charge in [-0.05, 0) is 31.4 Å². The van der Waals surface area contributed by atoms with Gasteiger partial charge < -0.3 is 15.3 Å². The molecular formula is C14H19FN2O2. The second kappa shape index (κ2) is 6.02. The molecule has 5 heteroatoms. The van der Waals surface area contributed by atoms with Crippen LogP contribution in [0.3, 0.4) is 0 Å². The minimum absolute atomic E-state index is 0.0457. The fourth-order valence-electron chi connectivity index (χ4n) is 2.57. The Balaban J connectivity index is 2.30. The van der Waals surface area contributed by atoms with Gasteiger partial charge in [0.25, 0.3) is 5.91 Å². The van der Waals surface area contributed by atoms with Crippen LogP contribution in [0.25, 0.3) is 0 Å². The number of piperidine rings is 1. The average molecular weight is 266 g/mol. The number of nitrogens with zero attached hydrogens (tertiary/aromatic N) is 1. The highest BCUT2D eigenvalue weighted by Gasteiger charge is 2.28. The SMILES string of the molecule is CNc1c(F)cccc1C(=O)N1CCCCC1CO. The number of carbonyl (C=O) groups is 1. The van der Waals surface area contributed by atoms with E-state index in [0.717, 1.165) is 19.3 Å². The third-order valence-corrected chi connectivity index (χ3v) is 3.59. The van der Waals surface area contributed by atoms with Gasteiger partial charge in [-0.3, -0.25) is 4.79 Å². The van der Waals surface area contributed by atoms with Crippen molar-refractivity contribution >= 4 is 11.6 Å². The highest BCUT2D eigenvalue weighted by atomic mass is 19.1. The van der Waals surface area contributed by atoms with Crippen molar-refractivity contribution in [2.24, 2.45) is 0 Å². The summed E-state index contributed by atoms with van der Waals surface area (Å²) < 4.78 is 13.7. The number of carbonyl (C=O) groups excluding carboxylic acids is 1.